The van der Waals surface area contributed by atoms with Gasteiger partial charge in [0.15, 0.2) is 6.10 Å². The summed E-state index contributed by atoms with van der Waals surface area (Å²) in [5, 5.41) is 2.98. The van der Waals surface area contributed by atoms with Crippen molar-refractivity contribution in [1.82, 2.24) is 5.32 Å². The lowest BCUT2D eigenvalue weighted by atomic mass is 10.0. The van der Waals surface area contributed by atoms with Crippen LogP contribution in [0.1, 0.15) is 25.5 Å². The maximum atomic E-state index is 12.5. The highest BCUT2D eigenvalue weighted by atomic mass is 19.4. The number of alkyl halides is 3. The Morgan fingerprint density at radius 1 is 1.10 bits per heavy atom. The minimum absolute atomic E-state index is 0.328. The summed E-state index contributed by atoms with van der Waals surface area (Å²) in [7, 11) is 3.24. The number of hydrogen-bond acceptors (Lipinski definition) is 3. The van der Waals surface area contributed by atoms with Crippen LogP contribution in [0.3, 0.4) is 0 Å². The molecule has 0 saturated carbocycles. The second-order valence-electron chi connectivity index (χ2n) is 4.56. The van der Waals surface area contributed by atoms with Crippen molar-refractivity contribution in [3.8, 4) is 5.75 Å². The second-order valence-corrected chi connectivity index (χ2v) is 4.56. The molecule has 1 rings (SSSR count). The van der Waals surface area contributed by atoms with Crippen molar-refractivity contribution in [2.75, 3.05) is 14.2 Å². The van der Waals surface area contributed by atoms with Gasteiger partial charge in [-0.15, -0.1) is 0 Å². The molecule has 1 aromatic rings. The second kappa shape index (κ2) is 6.95. The van der Waals surface area contributed by atoms with E-state index >= 15 is 0 Å². The molecule has 0 spiro atoms. The van der Waals surface area contributed by atoms with Crippen LogP contribution in [0.2, 0.25) is 0 Å². The molecule has 114 valence electrons. The van der Waals surface area contributed by atoms with Crippen LogP contribution >= 0.6 is 0 Å². The monoisotopic (exact) mass is 291 g/mol. The van der Waals surface area contributed by atoms with Crippen LogP contribution in [0, 0.1) is 0 Å². The van der Waals surface area contributed by atoms with Gasteiger partial charge in [-0.2, -0.15) is 13.2 Å². The number of benzene rings is 1. The van der Waals surface area contributed by atoms with E-state index in [1.165, 1.54) is 0 Å². The van der Waals surface area contributed by atoms with Crippen LogP contribution in [-0.2, 0) is 4.74 Å². The molecule has 0 radical (unpaired) electrons. The summed E-state index contributed by atoms with van der Waals surface area (Å²) < 4.78 is 47.7. The number of hydrogen-bond donors (Lipinski definition) is 1. The normalized spacial score (nSPS) is 16.6. The first-order valence-electron chi connectivity index (χ1n) is 6.33. The largest absolute Gasteiger partial charge is 0.497 e. The van der Waals surface area contributed by atoms with Crippen LogP contribution in [0.4, 0.5) is 13.2 Å². The third kappa shape index (κ3) is 4.38. The molecule has 3 unspecified atom stereocenters. The summed E-state index contributed by atoms with van der Waals surface area (Å²) >= 11 is 0. The molecular formula is C14H20F3NO2. The third-order valence-electron chi connectivity index (χ3n) is 3.14. The van der Waals surface area contributed by atoms with Gasteiger partial charge in [0, 0.05) is 0 Å². The van der Waals surface area contributed by atoms with Crippen molar-refractivity contribution in [2.45, 2.75) is 38.3 Å². The van der Waals surface area contributed by atoms with Gasteiger partial charge in [-0.1, -0.05) is 12.1 Å². The highest BCUT2D eigenvalue weighted by molar-refractivity contribution is 5.29. The number of methoxy groups -OCH3 is 1. The van der Waals surface area contributed by atoms with E-state index in [9.17, 15) is 13.2 Å². The molecular weight excluding hydrogens is 271 g/mol. The molecule has 0 aliphatic heterocycles. The zero-order valence-corrected chi connectivity index (χ0v) is 12.0. The minimum atomic E-state index is -4.35. The van der Waals surface area contributed by atoms with Crippen LogP contribution in [0.5, 0.6) is 5.75 Å². The van der Waals surface area contributed by atoms with Gasteiger partial charge in [-0.25, -0.2) is 0 Å². The molecule has 6 heteroatoms. The van der Waals surface area contributed by atoms with Gasteiger partial charge in [0.2, 0.25) is 0 Å². The molecule has 0 fully saturated rings. The van der Waals surface area contributed by atoms with Gasteiger partial charge in [0.25, 0.3) is 0 Å². The minimum Gasteiger partial charge on any atom is -0.497 e. The summed E-state index contributed by atoms with van der Waals surface area (Å²) in [6.45, 7) is 2.63. The zero-order valence-electron chi connectivity index (χ0n) is 12.0. The quantitative estimate of drug-likeness (QED) is 0.872. The van der Waals surface area contributed by atoms with Crippen LogP contribution in [0.25, 0.3) is 0 Å². The molecule has 0 heterocycles. The first kappa shape index (κ1) is 16.8. The van der Waals surface area contributed by atoms with Gasteiger partial charge in [-0.3, -0.25) is 0 Å². The molecule has 20 heavy (non-hydrogen) atoms. The molecule has 0 amide bonds. The van der Waals surface area contributed by atoms with E-state index < -0.39 is 18.4 Å². The fourth-order valence-electron chi connectivity index (χ4n) is 1.96. The summed E-state index contributed by atoms with van der Waals surface area (Å²) in [5.74, 6) is 0.695. The molecule has 1 aromatic carbocycles. The van der Waals surface area contributed by atoms with E-state index in [0.29, 0.717) is 5.75 Å². The predicted octanol–water partition coefficient (Wildman–Crippen LogP) is 3.31. The number of rotatable bonds is 6. The van der Waals surface area contributed by atoms with E-state index in [-0.39, 0.29) is 6.04 Å². The lowest BCUT2D eigenvalue weighted by molar-refractivity contribution is -0.227. The van der Waals surface area contributed by atoms with Crippen molar-refractivity contribution in [3.63, 3.8) is 0 Å². The fourth-order valence-corrected chi connectivity index (χ4v) is 1.96. The zero-order chi connectivity index (χ0) is 15.3. The number of halogens is 3. The SMILES string of the molecule is CNC(c1ccc(OC)cc1)C(C)OC(C)C(F)(F)F. The summed E-state index contributed by atoms with van der Waals surface area (Å²) in [5.41, 5.74) is 0.843. The topological polar surface area (TPSA) is 30.5 Å². The van der Waals surface area contributed by atoms with Crippen LogP contribution in [-0.4, -0.2) is 32.5 Å². The van der Waals surface area contributed by atoms with Crippen molar-refractivity contribution >= 4 is 0 Å². The Hall–Kier alpha value is -1.27. The molecule has 3 nitrogen and oxygen atoms in total. The number of ether oxygens (including phenoxy) is 2. The van der Waals surface area contributed by atoms with E-state index in [1.807, 2.05) is 0 Å². The summed E-state index contributed by atoms with van der Waals surface area (Å²) in [6, 6.07) is 6.81. The van der Waals surface area contributed by atoms with Crippen LogP contribution in [0.15, 0.2) is 24.3 Å². The molecule has 1 N–H and O–H groups in total. The highest BCUT2D eigenvalue weighted by Crippen LogP contribution is 2.27. The Labute approximate surface area is 117 Å². The van der Waals surface area contributed by atoms with E-state index in [4.69, 9.17) is 9.47 Å². The smallest absolute Gasteiger partial charge is 0.414 e. The van der Waals surface area contributed by atoms with E-state index in [1.54, 1.807) is 45.3 Å². The van der Waals surface area contributed by atoms with Gasteiger partial charge in [0.05, 0.1) is 19.3 Å². The van der Waals surface area contributed by atoms with Crippen molar-refractivity contribution in [3.05, 3.63) is 29.8 Å². The maximum absolute atomic E-state index is 12.5. The average molecular weight is 291 g/mol. The summed E-state index contributed by atoms with van der Waals surface area (Å²) in [6.07, 6.45) is -6.77. The molecule has 3 atom stereocenters. The van der Waals surface area contributed by atoms with Crippen molar-refractivity contribution in [1.29, 1.82) is 0 Å². The molecule has 0 aromatic heterocycles. The van der Waals surface area contributed by atoms with Gasteiger partial charge in [0.1, 0.15) is 5.75 Å². The molecule has 0 bridgehead atoms. The lowest BCUT2D eigenvalue weighted by Crippen LogP contribution is -2.37. The Morgan fingerprint density at radius 3 is 2.05 bits per heavy atom. The standard InChI is InChI=1S/C14H20F3NO2/c1-9(20-10(2)14(15,16)17)13(18-3)11-5-7-12(19-4)8-6-11/h5-10,13,18H,1-4H3. The lowest BCUT2D eigenvalue weighted by Gasteiger charge is -2.28. The van der Waals surface area contributed by atoms with Gasteiger partial charge < -0.3 is 14.8 Å². The molecule has 0 aliphatic carbocycles. The Bertz CT molecular complexity index is 406. The summed E-state index contributed by atoms with van der Waals surface area (Å²) in [4.78, 5) is 0. The van der Waals surface area contributed by atoms with Crippen LogP contribution < -0.4 is 10.1 Å². The van der Waals surface area contributed by atoms with E-state index in [2.05, 4.69) is 5.32 Å². The highest BCUT2D eigenvalue weighted by Gasteiger charge is 2.38. The number of likely N-dealkylation sites (N-methyl/N-ethyl adjacent to an activating group) is 1. The first-order valence-corrected chi connectivity index (χ1v) is 6.33. The first-order chi connectivity index (χ1) is 9.29. The third-order valence-corrected chi connectivity index (χ3v) is 3.14. The maximum Gasteiger partial charge on any atom is 0.414 e. The van der Waals surface area contributed by atoms with E-state index in [0.717, 1.165) is 12.5 Å². The molecule has 0 saturated heterocycles. The Kier molecular flexibility index (Phi) is 5.83. The average Bonchev–Trinajstić information content (AvgIpc) is 2.39. The predicted molar refractivity (Wildman–Crippen MR) is 70.9 cm³/mol. The Morgan fingerprint density at radius 2 is 1.65 bits per heavy atom. The van der Waals surface area contributed by atoms with Gasteiger partial charge >= 0.3 is 6.18 Å². The Balaban J connectivity index is 2.78. The number of nitrogens with one attached hydrogen (secondary N) is 1. The van der Waals surface area contributed by atoms with Crippen molar-refractivity contribution in [2.24, 2.45) is 0 Å². The molecule has 0 aliphatic rings. The fraction of sp³-hybridized carbons (Fsp3) is 0.571. The van der Waals surface area contributed by atoms with Crippen molar-refractivity contribution < 1.29 is 22.6 Å². The van der Waals surface area contributed by atoms with Gasteiger partial charge in [-0.05, 0) is 38.6 Å².